The van der Waals surface area contributed by atoms with E-state index in [0.717, 1.165) is 0 Å². The summed E-state index contributed by atoms with van der Waals surface area (Å²) in [4.78, 5) is 1.37. The van der Waals surface area contributed by atoms with Crippen molar-refractivity contribution in [2.24, 2.45) is 0 Å². The highest BCUT2D eigenvalue weighted by molar-refractivity contribution is 4.62. The van der Waals surface area contributed by atoms with Gasteiger partial charge in [-0.2, -0.15) is 0 Å². The van der Waals surface area contributed by atoms with Crippen LogP contribution in [-0.2, 0) is 0 Å². The van der Waals surface area contributed by atoms with Crippen LogP contribution in [0.15, 0.2) is 0 Å². The summed E-state index contributed by atoms with van der Waals surface area (Å²) < 4.78 is 30.2. The molecule has 0 aromatic carbocycles. The number of piperidine rings is 1. The fourth-order valence-corrected chi connectivity index (χ4v) is 0.870. The Morgan fingerprint density at radius 3 is 3.22 bits per heavy atom. The van der Waals surface area contributed by atoms with Gasteiger partial charge in [-0.1, -0.05) is 6.42 Å². The lowest BCUT2D eigenvalue weighted by Crippen LogP contribution is -2.31. The Morgan fingerprint density at radius 1 is 1.56 bits per heavy atom. The molecule has 1 N–H and O–H groups in total. The normalized spacial score (nSPS) is 40.1. The predicted molar refractivity (Wildman–Crippen MR) is 37.4 cm³/mol. The molecule has 0 spiro atoms. The highest BCUT2D eigenvalue weighted by Crippen LogP contribution is 2.06. The molecule has 0 radical (unpaired) electrons. The van der Waals surface area contributed by atoms with E-state index in [1.807, 2.05) is 0 Å². The molecule has 1 aliphatic heterocycles. The molecule has 1 aliphatic rings. The van der Waals surface area contributed by atoms with Crippen LogP contribution >= 0.6 is 0 Å². The third kappa shape index (κ3) is 2.33. The molecule has 1 rings (SSSR count). The van der Waals surface area contributed by atoms with Crippen LogP contribution in [-0.4, -0.2) is 36.2 Å². The van der Waals surface area contributed by atoms with Gasteiger partial charge in [-0.15, -0.1) is 0 Å². The predicted octanol–water partition coefficient (Wildman–Crippen LogP) is 0.465. The van der Waals surface area contributed by atoms with E-state index in [2.05, 4.69) is 0 Å². The molecular formula is C7H15NO. The van der Waals surface area contributed by atoms with Gasteiger partial charge in [0.15, 0.2) is 0 Å². The van der Waals surface area contributed by atoms with Crippen LogP contribution < -0.4 is 0 Å². The molecule has 0 atom stereocenters. The molecule has 54 valence electrons. The average molecular weight is 133 g/mol. The Hall–Kier alpha value is -0.0800. The van der Waals surface area contributed by atoms with Gasteiger partial charge in [-0.25, -0.2) is 0 Å². The first-order valence-electron chi connectivity index (χ1n) is 5.28. The lowest BCUT2D eigenvalue weighted by atomic mass is 10.1. The molecule has 1 fully saturated rings. The molecule has 0 saturated carbocycles. The summed E-state index contributed by atoms with van der Waals surface area (Å²) in [7, 11) is 0. The number of likely N-dealkylation sites (tertiary alicyclic amines) is 1. The summed E-state index contributed by atoms with van der Waals surface area (Å²) in [6, 6.07) is 0. The molecule has 0 aliphatic carbocycles. The Morgan fingerprint density at radius 2 is 2.44 bits per heavy atom. The maximum atomic E-state index is 8.69. The summed E-state index contributed by atoms with van der Waals surface area (Å²) in [6.07, 6.45) is -0.908. The van der Waals surface area contributed by atoms with E-state index in [1.54, 1.807) is 0 Å². The molecule has 0 aromatic heterocycles. The number of aliphatic hydroxyl groups is 1. The lowest BCUT2D eigenvalue weighted by molar-refractivity contribution is 0.173. The Bertz CT molecular complexity index is 183. The van der Waals surface area contributed by atoms with E-state index in [4.69, 9.17) is 10.6 Å². The van der Waals surface area contributed by atoms with Crippen LogP contribution in [0.3, 0.4) is 0 Å². The topological polar surface area (TPSA) is 23.5 Å². The van der Waals surface area contributed by atoms with Crippen molar-refractivity contribution in [2.45, 2.75) is 19.2 Å². The van der Waals surface area contributed by atoms with Gasteiger partial charge >= 0.3 is 0 Å². The van der Waals surface area contributed by atoms with Gasteiger partial charge < -0.3 is 10.0 Å². The van der Waals surface area contributed by atoms with Crippen LogP contribution in [0, 0.1) is 0 Å². The zero-order chi connectivity index (χ0) is 10.1. The summed E-state index contributed by atoms with van der Waals surface area (Å²) in [5, 5.41) is 8.69. The molecule has 0 amide bonds. The second-order valence-corrected chi connectivity index (χ2v) is 2.10. The molecule has 2 nitrogen and oxygen atoms in total. The van der Waals surface area contributed by atoms with E-state index in [0.29, 0.717) is 13.0 Å². The van der Waals surface area contributed by atoms with E-state index in [1.165, 1.54) is 4.90 Å². The van der Waals surface area contributed by atoms with Crippen molar-refractivity contribution < 1.29 is 10.6 Å². The number of rotatable bonds is 2. The fourth-order valence-electron chi connectivity index (χ4n) is 0.870. The summed E-state index contributed by atoms with van der Waals surface area (Å²) in [5.74, 6) is 0. The maximum Gasteiger partial charge on any atom is 0.0558 e. The highest BCUT2D eigenvalue weighted by atomic mass is 16.3. The van der Waals surface area contributed by atoms with Crippen LogP contribution in [0.25, 0.3) is 0 Å². The zero-order valence-corrected chi connectivity index (χ0v) is 5.43. The SMILES string of the molecule is [2H]C1([2H])CCCN(CCO)C1([2H])[2H]. The monoisotopic (exact) mass is 133 g/mol. The van der Waals surface area contributed by atoms with Gasteiger partial charge in [0.05, 0.1) is 6.61 Å². The number of aliphatic hydroxyl groups excluding tert-OH is 1. The number of β-amino-alcohol motifs (C(OH)–C–C–N with tert-alkyl or cyclic N) is 1. The smallest absolute Gasteiger partial charge is 0.0558 e. The molecule has 1 heterocycles. The van der Waals surface area contributed by atoms with Gasteiger partial charge in [-0.05, 0) is 25.8 Å². The molecule has 9 heavy (non-hydrogen) atoms. The third-order valence-corrected chi connectivity index (χ3v) is 1.34. The standard InChI is InChI=1S/C7H15NO/c9-7-6-8-4-2-1-3-5-8/h9H,1-7H2/i2D2,4D2. The van der Waals surface area contributed by atoms with Crippen molar-refractivity contribution in [3.8, 4) is 0 Å². The maximum absolute atomic E-state index is 8.69. The first-order valence-corrected chi connectivity index (χ1v) is 3.28. The second-order valence-electron chi connectivity index (χ2n) is 2.10. The largest absolute Gasteiger partial charge is 0.395 e. The molecule has 0 aromatic rings. The van der Waals surface area contributed by atoms with Gasteiger partial charge in [0.25, 0.3) is 0 Å². The van der Waals surface area contributed by atoms with E-state index < -0.39 is 12.9 Å². The first-order chi connectivity index (χ1) is 5.92. The van der Waals surface area contributed by atoms with Crippen molar-refractivity contribution in [1.82, 2.24) is 4.90 Å². The lowest BCUT2D eigenvalue weighted by Gasteiger charge is -2.25. The van der Waals surface area contributed by atoms with Crippen molar-refractivity contribution >= 4 is 0 Å². The highest BCUT2D eigenvalue weighted by Gasteiger charge is 2.07. The van der Waals surface area contributed by atoms with Crippen LogP contribution in [0.1, 0.15) is 24.7 Å². The first kappa shape index (κ1) is 3.35. The van der Waals surface area contributed by atoms with Crippen molar-refractivity contribution in [3.05, 3.63) is 0 Å². The zero-order valence-electron chi connectivity index (χ0n) is 9.43. The third-order valence-electron chi connectivity index (χ3n) is 1.34. The summed E-state index contributed by atoms with van der Waals surface area (Å²) in [6.45, 7) is -1.36. The molecule has 0 unspecified atom stereocenters. The van der Waals surface area contributed by atoms with Gasteiger partial charge in [0.2, 0.25) is 0 Å². The van der Waals surface area contributed by atoms with Crippen LogP contribution in [0.4, 0.5) is 0 Å². The Kier molecular flexibility index (Phi) is 1.44. The average Bonchev–Trinajstić information content (AvgIpc) is 2.00. The minimum atomic E-state index is -1.95. The van der Waals surface area contributed by atoms with Gasteiger partial charge in [0, 0.05) is 12.0 Å². The van der Waals surface area contributed by atoms with Crippen LogP contribution in [0.5, 0.6) is 0 Å². The minimum Gasteiger partial charge on any atom is -0.395 e. The second kappa shape index (κ2) is 3.85. The molecular weight excluding hydrogens is 114 g/mol. The fraction of sp³-hybridized carbons (Fsp3) is 1.00. The van der Waals surface area contributed by atoms with E-state index >= 15 is 0 Å². The summed E-state index contributed by atoms with van der Waals surface area (Å²) in [5.41, 5.74) is 0. The van der Waals surface area contributed by atoms with E-state index in [9.17, 15) is 0 Å². The summed E-state index contributed by atoms with van der Waals surface area (Å²) >= 11 is 0. The minimum absolute atomic E-state index is 0.129. The number of nitrogens with zero attached hydrogens (tertiary/aromatic N) is 1. The number of hydrogen-bond acceptors (Lipinski definition) is 2. The molecule has 0 bridgehead atoms. The quantitative estimate of drug-likeness (QED) is 0.591. The van der Waals surface area contributed by atoms with Crippen molar-refractivity contribution in [3.63, 3.8) is 0 Å². The Balaban J connectivity index is 2.75. The van der Waals surface area contributed by atoms with Crippen LogP contribution in [0.2, 0.25) is 0 Å². The van der Waals surface area contributed by atoms with E-state index in [-0.39, 0.29) is 19.6 Å². The van der Waals surface area contributed by atoms with Crippen molar-refractivity contribution in [2.75, 3.05) is 26.2 Å². The van der Waals surface area contributed by atoms with Gasteiger partial charge in [0.1, 0.15) is 0 Å². The van der Waals surface area contributed by atoms with Crippen molar-refractivity contribution in [1.29, 1.82) is 0 Å². The number of hydrogen-bond donors (Lipinski definition) is 1. The molecule has 1 saturated heterocycles. The molecule has 2 heteroatoms. The van der Waals surface area contributed by atoms with Gasteiger partial charge in [-0.3, -0.25) is 0 Å². The Labute approximate surface area is 62.1 Å².